The van der Waals surface area contributed by atoms with Crippen LogP contribution in [0.25, 0.3) is 0 Å². The van der Waals surface area contributed by atoms with Gasteiger partial charge in [-0.05, 0) is 13.0 Å². The van der Waals surface area contributed by atoms with E-state index >= 15 is 0 Å². The summed E-state index contributed by atoms with van der Waals surface area (Å²) in [6, 6.07) is 1.53. The van der Waals surface area contributed by atoms with Crippen molar-refractivity contribution in [3.63, 3.8) is 0 Å². The molecule has 2 nitrogen and oxygen atoms in total. The summed E-state index contributed by atoms with van der Waals surface area (Å²) in [5, 5.41) is 3.48. The molecule has 0 fully saturated rings. The van der Waals surface area contributed by atoms with Crippen LogP contribution in [0.1, 0.15) is 32.5 Å². The summed E-state index contributed by atoms with van der Waals surface area (Å²) < 4.78 is 24.0. The standard InChI is InChI=1S/C5H6F2N2.C3H8/c1-4-2-3-9(8-4)5(6)7;1-3-2/h2-3,5H,1H3;3H2,1-2H3. The van der Waals surface area contributed by atoms with Crippen LogP contribution in [0.15, 0.2) is 12.3 Å². The summed E-state index contributed by atoms with van der Waals surface area (Å²) >= 11 is 0. The third-order valence-corrected chi connectivity index (χ3v) is 0.942. The van der Waals surface area contributed by atoms with E-state index < -0.39 is 6.55 Å². The van der Waals surface area contributed by atoms with Crippen LogP contribution < -0.4 is 0 Å². The van der Waals surface area contributed by atoms with Crippen molar-refractivity contribution in [1.82, 2.24) is 9.78 Å². The molecule has 1 heterocycles. The van der Waals surface area contributed by atoms with E-state index in [9.17, 15) is 8.78 Å². The number of hydrogen-bond acceptors (Lipinski definition) is 1. The molecule has 0 aromatic carbocycles. The van der Waals surface area contributed by atoms with Crippen LogP contribution >= 0.6 is 0 Å². The van der Waals surface area contributed by atoms with Crippen molar-refractivity contribution in [3.8, 4) is 0 Å². The first kappa shape index (κ1) is 11.1. The van der Waals surface area contributed by atoms with Gasteiger partial charge in [-0.2, -0.15) is 13.9 Å². The highest BCUT2D eigenvalue weighted by molar-refractivity contribution is 4.94. The lowest BCUT2D eigenvalue weighted by molar-refractivity contribution is 0.0563. The fraction of sp³-hybridized carbons (Fsp3) is 0.625. The molecule has 1 aromatic rings. The first-order chi connectivity index (χ1) is 5.61. The van der Waals surface area contributed by atoms with Gasteiger partial charge in [-0.3, -0.25) is 0 Å². The Labute approximate surface area is 71.2 Å². The van der Waals surface area contributed by atoms with E-state index in [1.807, 2.05) is 0 Å². The van der Waals surface area contributed by atoms with Crippen LogP contribution in [0, 0.1) is 6.92 Å². The lowest BCUT2D eigenvalue weighted by Crippen LogP contribution is -1.97. The van der Waals surface area contributed by atoms with Crippen LogP contribution in [0.4, 0.5) is 8.78 Å². The zero-order valence-electron chi connectivity index (χ0n) is 7.59. The quantitative estimate of drug-likeness (QED) is 0.643. The van der Waals surface area contributed by atoms with Gasteiger partial charge in [0.15, 0.2) is 0 Å². The molecule has 1 rings (SSSR count). The molecule has 0 saturated heterocycles. The third-order valence-electron chi connectivity index (χ3n) is 0.942. The Morgan fingerprint density at radius 1 is 1.50 bits per heavy atom. The average Bonchev–Trinajstić information content (AvgIpc) is 2.37. The molecule has 0 radical (unpaired) electrons. The van der Waals surface area contributed by atoms with Gasteiger partial charge in [-0.25, -0.2) is 4.68 Å². The van der Waals surface area contributed by atoms with Crippen LogP contribution in [-0.2, 0) is 0 Å². The van der Waals surface area contributed by atoms with Gasteiger partial charge in [-0.15, -0.1) is 0 Å². The predicted molar refractivity (Wildman–Crippen MR) is 44.2 cm³/mol. The number of alkyl halides is 2. The smallest absolute Gasteiger partial charge is 0.211 e. The van der Waals surface area contributed by atoms with E-state index in [0.717, 1.165) is 0 Å². The molecular formula is C8H14F2N2. The lowest BCUT2D eigenvalue weighted by atomic mass is 10.5. The highest BCUT2D eigenvalue weighted by Crippen LogP contribution is 2.07. The number of aryl methyl sites for hydroxylation is 1. The Hall–Kier alpha value is -0.930. The van der Waals surface area contributed by atoms with E-state index in [1.54, 1.807) is 6.92 Å². The summed E-state index contributed by atoms with van der Waals surface area (Å²) in [5.74, 6) is 0. The number of aromatic nitrogens is 2. The van der Waals surface area contributed by atoms with Crippen molar-refractivity contribution in [1.29, 1.82) is 0 Å². The Morgan fingerprint density at radius 3 is 2.17 bits per heavy atom. The molecule has 0 unspecified atom stereocenters. The summed E-state index contributed by atoms with van der Waals surface area (Å²) in [4.78, 5) is 0. The molecule has 0 aliphatic heterocycles. The lowest BCUT2D eigenvalue weighted by Gasteiger charge is -1.94. The van der Waals surface area contributed by atoms with E-state index in [0.29, 0.717) is 10.4 Å². The van der Waals surface area contributed by atoms with Crippen molar-refractivity contribution < 1.29 is 8.78 Å². The number of rotatable bonds is 1. The highest BCUT2D eigenvalue weighted by atomic mass is 19.3. The Morgan fingerprint density at radius 2 is 2.00 bits per heavy atom. The van der Waals surface area contributed by atoms with E-state index in [-0.39, 0.29) is 0 Å². The number of nitrogens with zero attached hydrogens (tertiary/aromatic N) is 2. The minimum absolute atomic E-state index is 0.607. The fourth-order valence-electron chi connectivity index (χ4n) is 0.542. The molecule has 4 heteroatoms. The van der Waals surface area contributed by atoms with Gasteiger partial charge in [0, 0.05) is 6.20 Å². The Kier molecular flexibility index (Phi) is 5.25. The summed E-state index contributed by atoms with van der Waals surface area (Å²) in [6.45, 7) is 3.40. The first-order valence-electron chi connectivity index (χ1n) is 3.91. The molecule has 0 N–H and O–H groups in total. The van der Waals surface area contributed by atoms with Crippen molar-refractivity contribution in [2.24, 2.45) is 0 Å². The fourth-order valence-corrected chi connectivity index (χ4v) is 0.542. The molecule has 0 atom stereocenters. The van der Waals surface area contributed by atoms with Gasteiger partial charge in [-0.1, -0.05) is 20.3 Å². The van der Waals surface area contributed by atoms with Gasteiger partial charge in [0.05, 0.1) is 5.69 Å². The zero-order valence-corrected chi connectivity index (χ0v) is 7.59. The van der Waals surface area contributed by atoms with Crippen molar-refractivity contribution >= 4 is 0 Å². The average molecular weight is 176 g/mol. The van der Waals surface area contributed by atoms with Gasteiger partial charge < -0.3 is 0 Å². The van der Waals surface area contributed by atoms with E-state index in [4.69, 9.17) is 0 Å². The maximum Gasteiger partial charge on any atom is 0.333 e. The third kappa shape index (κ3) is 4.05. The van der Waals surface area contributed by atoms with Gasteiger partial charge in [0.1, 0.15) is 0 Å². The Bertz CT molecular complexity index is 209. The summed E-state index contributed by atoms with van der Waals surface area (Å²) in [6.07, 6.45) is 2.50. The minimum Gasteiger partial charge on any atom is -0.211 e. The maximum atomic E-state index is 11.7. The van der Waals surface area contributed by atoms with Crippen molar-refractivity contribution in [2.75, 3.05) is 0 Å². The second kappa shape index (κ2) is 5.69. The van der Waals surface area contributed by atoms with E-state index in [1.165, 1.54) is 18.7 Å². The van der Waals surface area contributed by atoms with Crippen molar-refractivity contribution in [3.05, 3.63) is 18.0 Å². The monoisotopic (exact) mass is 176 g/mol. The molecular weight excluding hydrogens is 162 g/mol. The maximum absolute atomic E-state index is 11.7. The molecule has 1 aromatic heterocycles. The minimum atomic E-state index is -2.52. The largest absolute Gasteiger partial charge is 0.333 e. The molecule has 12 heavy (non-hydrogen) atoms. The molecule has 0 amide bonds. The molecule has 0 aliphatic rings. The SMILES string of the molecule is CCC.Cc1ccn(C(F)F)n1. The molecule has 0 saturated carbocycles. The molecule has 0 bridgehead atoms. The normalized spacial score (nSPS) is 9.50. The molecule has 70 valence electrons. The zero-order chi connectivity index (χ0) is 9.56. The van der Waals surface area contributed by atoms with Crippen LogP contribution in [0.5, 0.6) is 0 Å². The van der Waals surface area contributed by atoms with Crippen LogP contribution in [0.2, 0.25) is 0 Å². The second-order valence-electron chi connectivity index (χ2n) is 2.42. The Balaban J connectivity index is 0.000000354. The van der Waals surface area contributed by atoms with E-state index in [2.05, 4.69) is 18.9 Å². The van der Waals surface area contributed by atoms with Crippen LogP contribution in [-0.4, -0.2) is 9.78 Å². The van der Waals surface area contributed by atoms with Gasteiger partial charge >= 0.3 is 6.55 Å². The number of halogens is 2. The highest BCUT2D eigenvalue weighted by Gasteiger charge is 2.03. The van der Waals surface area contributed by atoms with Gasteiger partial charge in [0.25, 0.3) is 0 Å². The molecule has 0 spiro atoms. The summed E-state index contributed by atoms with van der Waals surface area (Å²) in [5.41, 5.74) is 0.607. The predicted octanol–water partition coefficient (Wildman–Crippen LogP) is 3.00. The van der Waals surface area contributed by atoms with Crippen LogP contribution in [0.3, 0.4) is 0 Å². The second-order valence-corrected chi connectivity index (χ2v) is 2.42. The first-order valence-corrected chi connectivity index (χ1v) is 3.91. The van der Waals surface area contributed by atoms with Gasteiger partial charge in [0.2, 0.25) is 0 Å². The topological polar surface area (TPSA) is 17.8 Å². The van der Waals surface area contributed by atoms with Crippen molar-refractivity contribution in [2.45, 2.75) is 33.7 Å². The number of hydrogen-bond donors (Lipinski definition) is 0. The summed E-state index contributed by atoms with van der Waals surface area (Å²) in [7, 11) is 0. The molecule has 0 aliphatic carbocycles.